The molecule has 0 amide bonds. The predicted octanol–water partition coefficient (Wildman–Crippen LogP) is 3.35. The van der Waals surface area contributed by atoms with Gasteiger partial charge in [0.2, 0.25) is 0 Å². The third-order valence-electron chi connectivity index (χ3n) is 4.60. The van der Waals surface area contributed by atoms with Crippen molar-refractivity contribution in [2.45, 2.75) is 18.9 Å². The minimum atomic E-state index is 0.357. The van der Waals surface area contributed by atoms with Gasteiger partial charge in [-0.05, 0) is 25.0 Å². The normalized spacial score (nSPS) is 21.8. The summed E-state index contributed by atoms with van der Waals surface area (Å²) in [5, 5.41) is 0. The number of amidine groups is 1. The zero-order chi connectivity index (χ0) is 16.2. The van der Waals surface area contributed by atoms with E-state index in [0.29, 0.717) is 6.10 Å². The number of rotatable bonds is 4. The summed E-state index contributed by atoms with van der Waals surface area (Å²) >= 11 is 0. The van der Waals surface area contributed by atoms with Crippen molar-refractivity contribution >= 4 is 11.5 Å². The molecule has 24 heavy (non-hydrogen) atoms. The van der Waals surface area contributed by atoms with E-state index in [4.69, 9.17) is 9.73 Å². The van der Waals surface area contributed by atoms with Crippen LogP contribution in [-0.4, -0.2) is 43.3 Å². The van der Waals surface area contributed by atoms with Gasteiger partial charge in [0.15, 0.2) is 0 Å². The summed E-state index contributed by atoms with van der Waals surface area (Å²) < 4.78 is 5.80. The Bertz CT molecular complexity index is 681. The van der Waals surface area contributed by atoms with E-state index in [1.54, 1.807) is 0 Å². The van der Waals surface area contributed by atoms with Gasteiger partial charge >= 0.3 is 0 Å². The molecule has 0 bridgehead atoms. The Hall–Kier alpha value is -2.17. The lowest BCUT2D eigenvalue weighted by Crippen LogP contribution is -2.48. The number of hydrogen-bond acceptors (Lipinski definition) is 4. The second kappa shape index (κ2) is 7.16. The van der Waals surface area contributed by atoms with Crippen molar-refractivity contribution in [3.05, 3.63) is 66.2 Å². The SMILES string of the molecule is c1ccc(C2=NCN(CC3CCCO3)CN2c2ccccc2)cc1. The smallest absolute Gasteiger partial charge is 0.137 e. The topological polar surface area (TPSA) is 28.1 Å². The van der Waals surface area contributed by atoms with Crippen LogP contribution in [-0.2, 0) is 4.74 Å². The van der Waals surface area contributed by atoms with E-state index in [2.05, 4.69) is 64.4 Å². The number of benzene rings is 2. The van der Waals surface area contributed by atoms with Gasteiger partial charge in [0.05, 0.1) is 19.4 Å². The first kappa shape index (κ1) is 15.4. The van der Waals surface area contributed by atoms with Crippen LogP contribution in [0.5, 0.6) is 0 Å². The second-order valence-electron chi connectivity index (χ2n) is 6.38. The highest BCUT2D eigenvalue weighted by Crippen LogP contribution is 2.22. The van der Waals surface area contributed by atoms with Gasteiger partial charge in [-0.2, -0.15) is 0 Å². The number of hydrogen-bond donors (Lipinski definition) is 0. The van der Waals surface area contributed by atoms with Crippen LogP contribution < -0.4 is 4.90 Å². The highest BCUT2D eigenvalue weighted by atomic mass is 16.5. The molecule has 1 saturated heterocycles. The third kappa shape index (κ3) is 3.35. The molecule has 2 aromatic carbocycles. The van der Waals surface area contributed by atoms with E-state index >= 15 is 0 Å². The molecule has 2 heterocycles. The Labute approximate surface area is 143 Å². The molecule has 1 unspecified atom stereocenters. The first-order valence-electron chi connectivity index (χ1n) is 8.66. The molecule has 2 aromatic rings. The van der Waals surface area contributed by atoms with Crippen molar-refractivity contribution in [2.75, 3.05) is 31.4 Å². The number of ether oxygens (including phenoxy) is 1. The average molecular weight is 321 g/mol. The summed E-state index contributed by atoms with van der Waals surface area (Å²) in [6.07, 6.45) is 2.70. The highest BCUT2D eigenvalue weighted by Gasteiger charge is 2.26. The molecule has 0 spiro atoms. The third-order valence-corrected chi connectivity index (χ3v) is 4.60. The van der Waals surface area contributed by atoms with Crippen molar-refractivity contribution in [3.8, 4) is 0 Å². The van der Waals surface area contributed by atoms with Crippen LogP contribution in [0.3, 0.4) is 0 Å². The summed E-state index contributed by atoms with van der Waals surface area (Å²) in [5.74, 6) is 1.05. The number of para-hydroxylation sites is 1. The van der Waals surface area contributed by atoms with E-state index in [1.165, 1.54) is 12.1 Å². The fraction of sp³-hybridized carbons (Fsp3) is 0.350. The molecule has 1 fully saturated rings. The van der Waals surface area contributed by atoms with Crippen molar-refractivity contribution < 1.29 is 4.74 Å². The molecular weight excluding hydrogens is 298 g/mol. The molecule has 0 aliphatic carbocycles. The van der Waals surface area contributed by atoms with Gasteiger partial charge < -0.3 is 9.64 Å². The van der Waals surface area contributed by atoms with Crippen LogP contribution in [0.1, 0.15) is 18.4 Å². The lowest BCUT2D eigenvalue weighted by Gasteiger charge is -2.37. The molecule has 0 N–H and O–H groups in total. The molecule has 0 radical (unpaired) electrons. The summed E-state index contributed by atoms with van der Waals surface area (Å²) in [6.45, 7) is 3.43. The summed E-state index contributed by atoms with van der Waals surface area (Å²) in [7, 11) is 0. The average Bonchev–Trinajstić information content (AvgIpc) is 3.16. The summed E-state index contributed by atoms with van der Waals surface area (Å²) in [4.78, 5) is 9.56. The summed E-state index contributed by atoms with van der Waals surface area (Å²) in [5.41, 5.74) is 2.34. The van der Waals surface area contributed by atoms with E-state index in [0.717, 1.165) is 44.3 Å². The van der Waals surface area contributed by atoms with Crippen molar-refractivity contribution in [1.82, 2.24) is 4.90 Å². The van der Waals surface area contributed by atoms with Gasteiger partial charge in [-0.15, -0.1) is 0 Å². The predicted molar refractivity (Wildman–Crippen MR) is 97.3 cm³/mol. The fourth-order valence-electron chi connectivity index (χ4n) is 3.40. The molecule has 0 saturated carbocycles. The minimum Gasteiger partial charge on any atom is -0.377 e. The molecule has 2 aliphatic rings. The van der Waals surface area contributed by atoms with Crippen LogP contribution in [0, 0.1) is 0 Å². The van der Waals surface area contributed by atoms with Crippen molar-refractivity contribution in [2.24, 2.45) is 4.99 Å². The molecular formula is C20H23N3O. The quantitative estimate of drug-likeness (QED) is 0.864. The van der Waals surface area contributed by atoms with Gasteiger partial charge in [0.25, 0.3) is 0 Å². The molecule has 4 heteroatoms. The highest BCUT2D eigenvalue weighted by molar-refractivity contribution is 6.10. The largest absolute Gasteiger partial charge is 0.377 e. The fourth-order valence-corrected chi connectivity index (χ4v) is 3.40. The van der Waals surface area contributed by atoms with E-state index in [9.17, 15) is 0 Å². The van der Waals surface area contributed by atoms with E-state index < -0.39 is 0 Å². The number of nitrogens with zero attached hydrogens (tertiary/aromatic N) is 3. The van der Waals surface area contributed by atoms with Crippen molar-refractivity contribution in [1.29, 1.82) is 0 Å². The molecule has 0 aromatic heterocycles. The summed E-state index contributed by atoms with van der Waals surface area (Å²) in [6, 6.07) is 20.9. The molecule has 1 atom stereocenters. The van der Waals surface area contributed by atoms with Gasteiger partial charge in [-0.3, -0.25) is 9.89 Å². The number of anilines is 1. The van der Waals surface area contributed by atoms with Crippen LogP contribution >= 0.6 is 0 Å². The first-order valence-corrected chi connectivity index (χ1v) is 8.66. The molecule has 4 rings (SSSR count). The van der Waals surface area contributed by atoms with Gasteiger partial charge in [-0.1, -0.05) is 48.5 Å². The van der Waals surface area contributed by atoms with Crippen molar-refractivity contribution in [3.63, 3.8) is 0 Å². The van der Waals surface area contributed by atoms with Crippen LogP contribution in [0.2, 0.25) is 0 Å². The maximum absolute atomic E-state index is 5.80. The molecule has 124 valence electrons. The zero-order valence-corrected chi connectivity index (χ0v) is 13.8. The first-order chi connectivity index (χ1) is 11.9. The Kier molecular flexibility index (Phi) is 4.58. The lowest BCUT2D eigenvalue weighted by atomic mass is 10.1. The maximum atomic E-state index is 5.80. The van der Waals surface area contributed by atoms with Crippen LogP contribution in [0.4, 0.5) is 5.69 Å². The number of aliphatic imine (C=N–C) groups is 1. The molecule has 4 nitrogen and oxygen atoms in total. The maximum Gasteiger partial charge on any atom is 0.137 e. The zero-order valence-electron chi connectivity index (χ0n) is 13.8. The standard InChI is InChI=1S/C20H23N3O/c1-3-8-17(9-4-1)20-21-15-22(14-19-12-7-13-24-19)16-23(20)18-10-5-2-6-11-18/h1-6,8-11,19H,7,12-16H2. The Morgan fingerprint density at radius 3 is 2.46 bits per heavy atom. The van der Waals surface area contributed by atoms with Crippen LogP contribution in [0.15, 0.2) is 65.7 Å². The van der Waals surface area contributed by atoms with E-state index in [-0.39, 0.29) is 0 Å². The Morgan fingerprint density at radius 1 is 1.00 bits per heavy atom. The van der Waals surface area contributed by atoms with Gasteiger partial charge in [0, 0.05) is 24.4 Å². The monoisotopic (exact) mass is 321 g/mol. The minimum absolute atomic E-state index is 0.357. The Balaban J connectivity index is 1.60. The van der Waals surface area contributed by atoms with Crippen LogP contribution in [0.25, 0.3) is 0 Å². The second-order valence-corrected chi connectivity index (χ2v) is 6.38. The Morgan fingerprint density at radius 2 is 1.75 bits per heavy atom. The lowest BCUT2D eigenvalue weighted by molar-refractivity contribution is 0.0739. The molecule has 2 aliphatic heterocycles. The van der Waals surface area contributed by atoms with Gasteiger partial charge in [-0.25, -0.2) is 0 Å². The van der Waals surface area contributed by atoms with E-state index in [1.807, 2.05) is 6.07 Å². The van der Waals surface area contributed by atoms with Gasteiger partial charge in [0.1, 0.15) is 5.84 Å².